The van der Waals surface area contributed by atoms with Crippen LogP contribution < -0.4 is 5.32 Å². The molecule has 1 heterocycles. The van der Waals surface area contributed by atoms with Crippen LogP contribution in [0.15, 0.2) is 0 Å². The van der Waals surface area contributed by atoms with Gasteiger partial charge in [0, 0.05) is 0 Å². The first-order valence-corrected chi connectivity index (χ1v) is 7.25. The van der Waals surface area contributed by atoms with E-state index in [9.17, 15) is 19.2 Å². The number of carbonyl (C=O) groups is 4. The molecule has 0 unspecified atom stereocenters. The van der Waals surface area contributed by atoms with Gasteiger partial charge in [-0.3, -0.25) is 24.1 Å². The third-order valence-electron chi connectivity index (χ3n) is 3.97. The van der Waals surface area contributed by atoms with Gasteiger partial charge in [-0.25, -0.2) is 0 Å². The molecule has 0 bridgehead atoms. The molecular weight excluding hydrogens is 288 g/mol. The summed E-state index contributed by atoms with van der Waals surface area (Å²) in [6.45, 7) is -0.875. The Balaban J connectivity index is 1.84. The standard InChI is InChI=1S/C15H18N2O5/c1-2-7-16-12(18)9-22-13(19)8-17-14(20)10-5-3-4-6-11(10)15(17)21/h1,10-11H,3-9H2,(H,16,18)/t10-,11+. The number of amides is 3. The Morgan fingerprint density at radius 2 is 1.82 bits per heavy atom. The van der Waals surface area contributed by atoms with Crippen molar-refractivity contribution >= 4 is 23.7 Å². The Labute approximate surface area is 128 Å². The summed E-state index contributed by atoms with van der Waals surface area (Å²) >= 11 is 0. The molecule has 2 aliphatic rings. The van der Waals surface area contributed by atoms with Crippen LogP contribution in [0.1, 0.15) is 25.7 Å². The maximum atomic E-state index is 12.2. The van der Waals surface area contributed by atoms with Gasteiger partial charge in [0.2, 0.25) is 11.8 Å². The molecule has 0 spiro atoms. The van der Waals surface area contributed by atoms with Gasteiger partial charge in [-0.1, -0.05) is 18.8 Å². The van der Waals surface area contributed by atoms with E-state index < -0.39 is 25.0 Å². The van der Waals surface area contributed by atoms with Crippen molar-refractivity contribution in [3.63, 3.8) is 0 Å². The lowest BCUT2D eigenvalue weighted by Crippen LogP contribution is -2.38. The summed E-state index contributed by atoms with van der Waals surface area (Å²) in [6.07, 6.45) is 8.20. The van der Waals surface area contributed by atoms with E-state index in [0.717, 1.165) is 17.7 Å². The van der Waals surface area contributed by atoms with Crippen LogP contribution in [0.5, 0.6) is 0 Å². The number of ether oxygens (including phenoxy) is 1. The summed E-state index contributed by atoms with van der Waals surface area (Å²) in [6, 6.07) is 0. The fourth-order valence-corrected chi connectivity index (χ4v) is 2.91. The second-order valence-electron chi connectivity index (χ2n) is 5.40. The average Bonchev–Trinajstić information content (AvgIpc) is 2.76. The van der Waals surface area contributed by atoms with E-state index in [4.69, 9.17) is 11.2 Å². The topological polar surface area (TPSA) is 92.8 Å². The third kappa shape index (κ3) is 3.45. The van der Waals surface area contributed by atoms with Crippen LogP contribution in [0.2, 0.25) is 0 Å². The highest BCUT2D eigenvalue weighted by Gasteiger charge is 2.48. The second kappa shape index (κ2) is 7.07. The number of esters is 1. The molecule has 1 saturated heterocycles. The van der Waals surface area contributed by atoms with Gasteiger partial charge in [0.1, 0.15) is 6.54 Å². The van der Waals surface area contributed by atoms with Crippen LogP contribution in [0.25, 0.3) is 0 Å². The number of nitrogens with one attached hydrogen (secondary N) is 1. The fraction of sp³-hybridized carbons (Fsp3) is 0.600. The summed E-state index contributed by atoms with van der Waals surface area (Å²) in [4.78, 5) is 48.2. The number of likely N-dealkylation sites (tertiary alicyclic amines) is 1. The molecule has 1 aliphatic heterocycles. The number of hydrogen-bond donors (Lipinski definition) is 1. The van der Waals surface area contributed by atoms with E-state index in [1.54, 1.807) is 0 Å². The maximum Gasteiger partial charge on any atom is 0.326 e. The van der Waals surface area contributed by atoms with E-state index >= 15 is 0 Å². The zero-order valence-electron chi connectivity index (χ0n) is 12.2. The van der Waals surface area contributed by atoms with Crippen molar-refractivity contribution in [2.75, 3.05) is 19.7 Å². The van der Waals surface area contributed by atoms with Crippen molar-refractivity contribution in [1.29, 1.82) is 0 Å². The summed E-state index contributed by atoms with van der Waals surface area (Å²) in [5.74, 6) is -0.296. The van der Waals surface area contributed by atoms with Gasteiger partial charge in [0.25, 0.3) is 5.91 Å². The van der Waals surface area contributed by atoms with Gasteiger partial charge in [0.05, 0.1) is 18.4 Å². The predicted molar refractivity (Wildman–Crippen MR) is 75.0 cm³/mol. The zero-order valence-corrected chi connectivity index (χ0v) is 12.2. The molecule has 3 amide bonds. The molecule has 0 aromatic carbocycles. The highest BCUT2D eigenvalue weighted by molar-refractivity contribution is 6.07. The summed E-state index contributed by atoms with van der Waals surface area (Å²) < 4.78 is 4.75. The molecule has 0 radical (unpaired) electrons. The van der Waals surface area contributed by atoms with Crippen molar-refractivity contribution in [1.82, 2.24) is 10.2 Å². The quantitative estimate of drug-likeness (QED) is 0.418. The summed E-state index contributed by atoms with van der Waals surface area (Å²) in [7, 11) is 0. The molecule has 2 fully saturated rings. The summed E-state index contributed by atoms with van der Waals surface area (Å²) in [5.41, 5.74) is 0. The molecule has 1 saturated carbocycles. The Kier molecular flexibility index (Phi) is 5.15. The number of fused-ring (bicyclic) bond motifs is 1. The van der Waals surface area contributed by atoms with Crippen LogP contribution in [0, 0.1) is 24.2 Å². The van der Waals surface area contributed by atoms with Crippen LogP contribution in [0.3, 0.4) is 0 Å². The van der Waals surface area contributed by atoms with E-state index in [0.29, 0.717) is 12.8 Å². The highest BCUT2D eigenvalue weighted by atomic mass is 16.5. The van der Waals surface area contributed by atoms with Crippen molar-refractivity contribution < 1.29 is 23.9 Å². The Morgan fingerprint density at radius 3 is 2.36 bits per heavy atom. The van der Waals surface area contributed by atoms with Gasteiger partial charge < -0.3 is 10.1 Å². The van der Waals surface area contributed by atoms with Gasteiger partial charge >= 0.3 is 5.97 Å². The first-order chi connectivity index (χ1) is 10.5. The summed E-state index contributed by atoms with van der Waals surface area (Å²) in [5, 5.41) is 2.34. The molecule has 1 N–H and O–H groups in total. The van der Waals surface area contributed by atoms with Crippen molar-refractivity contribution in [2.24, 2.45) is 11.8 Å². The van der Waals surface area contributed by atoms with Crippen molar-refractivity contribution in [2.45, 2.75) is 25.7 Å². The lowest BCUT2D eigenvalue weighted by atomic mass is 9.81. The van der Waals surface area contributed by atoms with Crippen LogP contribution in [0.4, 0.5) is 0 Å². The monoisotopic (exact) mass is 306 g/mol. The molecule has 7 nitrogen and oxygen atoms in total. The minimum atomic E-state index is -0.781. The number of imide groups is 1. The SMILES string of the molecule is C#CCNC(=O)COC(=O)CN1C(=O)[C@H]2CCCC[C@H]2C1=O. The largest absolute Gasteiger partial charge is 0.454 e. The number of terminal acetylenes is 1. The zero-order chi connectivity index (χ0) is 16.1. The minimum absolute atomic E-state index is 0.0445. The second-order valence-corrected chi connectivity index (χ2v) is 5.40. The molecule has 0 aromatic heterocycles. The van der Waals surface area contributed by atoms with Gasteiger partial charge in [-0.15, -0.1) is 6.42 Å². The lowest BCUT2D eigenvalue weighted by Gasteiger charge is -2.19. The third-order valence-corrected chi connectivity index (χ3v) is 3.97. The van der Waals surface area contributed by atoms with Crippen molar-refractivity contribution in [3.05, 3.63) is 0 Å². The normalized spacial score (nSPS) is 23.7. The Morgan fingerprint density at radius 1 is 1.23 bits per heavy atom. The first-order valence-electron chi connectivity index (χ1n) is 7.25. The van der Waals surface area contributed by atoms with Crippen LogP contribution in [-0.2, 0) is 23.9 Å². The van der Waals surface area contributed by atoms with Gasteiger partial charge in [-0.05, 0) is 12.8 Å². The molecule has 7 heteroatoms. The Hall–Kier alpha value is -2.36. The number of carbonyl (C=O) groups excluding carboxylic acids is 4. The van der Waals surface area contributed by atoms with Crippen LogP contribution >= 0.6 is 0 Å². The molecule has 0 aromatic rings. The predicted octanol–water partition coefficient (Wildman–Crippen LogP) is -0.546. The van der Waals surface area contributed by atoms with Crippen LogP contribution in [-0.4, -0.2) is 48.3 Å². The minimum Gasteiger partial charge on any atom is -0.454 e. The van der Waals surface area contributed by atoms with E-state index in [-0.39, 0.29) is 30.2 Å². The molecule has 118 valence electrons. The number of hydrogen-bond acceptors (Lipinski definition) is 5. The first kappa shape index (κ1) is 16.0. The van der Waals surface area contributed by atoms with Gasteiger partial charge in [-0.2, -0.15) is 0 Å². The highest BCUT2D eigenvalue weighted by Crippen LogP contribution is 2.37. The lowest BCUT2D eigenvalue weighted by molar-refractivity contribution is -0.154. The van der Waals surface area contributed by atoms with E-state index in [1.807, 2.05) is 0 Å². The molecule has 22 heavy (non-hydrogen) atoms. The molecule has 1 aliphatic carbocycles. The van der Waals surface area contributed by atoms with Gasteiger partial charge in [0.15, 0.2) is 6.61 Å². The fourth-order valence-electron chi connectivity index (χ4n) is 2.91. The van der Waals surface area contributed by atoms with E-state index in [1.165, 1.54) is 0 Å². The number of rotatable bonds is 5. The average molecular weight is 306 g/mol. The smallest absolute Gasteiger partial charge is 0.326 e. The molecule has 2 rings (SSSR count). The maximum absolute atomic E-state index is 12.2. The number of nitrogens with zero attached hydrogens (tertiary/aromatic N) is 1. The van der Waals surface area contributed by atoms with E-state index in [2.05, 4.69) is 11.2 Å². The molecular formula is C15H18N2O5. The Bertz CT molecular complexity index is 513. The van der Waals surface area contributed by atoms with Crippen molar-refractivity contribution in [3.8, 4) is 12.3 Å². The molecule has 2 atom stereocenters.